The molecule has 0 saturated carbocycles. The minimum Gasteiger partial charge on any atom is -0.380 e. The maximum atomic E-state index is 5.60. The molecular formula is C13H28N2O. The van der Waals surface area contributed by atoms with Gasteiger partial charge in [-0.05, 0) is 19.4 Å². The third kappa shape index (κ3) is 5.83. The van der Waals surface area contributed by atoms with Gasteiger partial charge >= 0.3 is 0 Å². The first kappa shape index (κ1) is 13.9. The Labute approximate surface area is 101 Å². The zero-order valence-corrected chi connectivity index (χ0v) is 11.1. The average Bonchev–Trinajstić information content (AvgIpc) is 2.31. The van der Waals surface area contributed by atoms with Crippen molar-refractivity contribution in [2.24, 2.45) is 0 Å². The predicted molar refractivity (Wildman–Crippen MR) is 68.9 cm³/mol. The minimum absolute atomic E-state index is 0.910. The van der Waals surface area contributed by atoms with Crippen molar-refractivity contribution in [2.75, 3.05) is 52.5 Å². The second-order valence-corrected chi connectivity index (χ2v) is 4.65. The van der Waals surface area contributed by atoms with Crippen LogP contribution in [0.2, 0.25) is 0 Å². The quantitative estimate of drug-likeness (QED) is 0.590. The van der Waals surface area contributed by atoms with Crippen LogP contribution in [0.5, 0.6) is 0 Å². The van der Waals surface area contributed by atoms with E-state index in [2.05, 4.69) is 23.6 Å². The van der Waals surface area contributed by atoms with Gasteiger partial charge in [0.05, 0.1) is 6.61 Å². The summed E-state index contributed by atoms with van der Waals surface area (Å²) in [6.45, 7) is 13.6. The maximum Gasteiger partial charge on any atom is 0.0593 e. The molecule has 0 aromatic heterocycles. The van der Waals surface area contributed by atoms with Crippen LogP contribution < -0.4 is 0 Å². The summed E-state index contributed by atoms with van der Waals surface area (Å²) in [6, 6.07) is 0. The Morgan fingerprint density at radius 1 is 0.812 bits per heavy atom. The minimum atomic E-state index is 0.910. The molecular weight excluding hydrogens is 200 g/mol. The highest BCUT2D eigenvalue weighted by Gasteiger charge is 2.15. The topological polar surface area (TPSA) is 15.7 Å². The van der Waals surface area contributed by atoms with Crippen LogP contribution in [0.1, 0.15) is 33.1 Å². The number of hydrogen-bond acceptors (Lipinski definition) is 3. The summed E-state index contributed by atoms with van der Waals surface area (Å²) >= 11 is 0. The van der Waals surface area contributed by atoms with E-state index in [1.807, 2.05) is 0 Å². The van der Waals surface area contributed by atoms with Crippen LogP contribution >= 0.6 is 0 Å². The Balaban J connectivity index is 1.95. The van der Waals surface area contributed by atoms with Crippen molar-refractivity contribution in [1.82, 2.24) is 9.80 Å². The van der Waals surface area contributed by atoms with Crippen LogP contribution in [0, 0.1) is 0 Å². The molecule has 0 N–H and O–H groups in total. The first-order valence-electron chi connectivity index (χ1n) is 6.89. The van der Waals surface area contributed by atoms with Gasteiger partial charge in [-0.2, -0.15) is 0 Å². The molecule has 16 heavy (non-hydrogen) atoms. The van der Waals surface area contributed by atoms with Gasteiger partial charge in [-0.1, -0.05) is 20.3 Å². The highest BCUT2D eigenvalue weighted by Crippen LogP contribution is 2.02. The Bertz CT molecular complexity index is 156. The number of unbranched alkanes of at least 4 members (excludes halogenated alkanes) is 1. The first-order valence-corrected chi connectivity index (χ1v) is 6.89. The van der Waals surface area contributed by atoms with Crippen molar-refractivity contribution in [3.63, 3.8) is 0 Å². The zero-order valence-electron chi connectivity index (χ0n) is 11.1. The monoisotopic (exact) mass is 228 g/mol. The molecule has 0 aromatic carbocycles. The molecule has 1 aliphatic rings. The second-order valence-electron chi connectivity index (χ2n) is 4.65. The third-order valence-electron chi connectivity index (χ3n) is 3.20. The molecule has 96 valence electrons. The molecule has 0 amide bonds. The van der Waals surface area contributed by atoms with Gasteiger partial charge in [-0.15, -0.1) is 0 Å². The maximum absolute atomic E-state index is 5.60. The van der Waals surface area contributed by atoms with Gasteiger partial charge < -0.3 is 9.64 Å². The van der Waals surface area contributed by atoms with Crippen LogP contribution in [0.25, 0.3) is 0 Å². The molecule has 1 saturated heterocycles. The Hall–Kier alpha value is -0.120. The van der Waals surface area contributed by atoms with Crippen molar-refractivity contribution in [3.8, 4) is 0 Å². The lowest BCUT2D eigenvalue weighted by molar-refractivity contribution is 0.0745. The van der Waals surface area contributed by atoms with Crippen molar-refractivity contribution in [1.29, 1.82) is 0 Å². The molecule has 0 atom stereocenters. The van der Waals surface area contributed by atoms with Crippen LogP contribution in [0.4, 0.5) is 0 Å². The van der Waals surface area contributed by atoms with Gasteiger partial charge in [-0.25, -0.2) is 0 Å². The van der Waals surface area contributed by atoms with Gasteiger partial charge in [-0.3, -0.25) is 4.90 Å². The van der Waals surface area contributed by atoms with Crippen molar-refractivity contribution in [3.05, 3.63) is 0 Å². The summed E-state index contributed by atoms with van der Waals surface area (Å²) in [5.41, 5.74) is 0. The van der Waals surface area contributed by atoms with Crippen LogP contribution in [0.3, 0.4) is 0 Å². The van der Waals surface area contributed by atoms with Gasteiger partial charge in [0.2, 0.25) is 0 Å². The van der Waals surface area contributed by atoms with Gasteiger partial charge in [0, 0.05) is 39.3 Å². The first-order chi connectivity index (χ1) is 7.86. The lowest BCUT2D eigenvalue weighted by Crippen LogP contribution is -2.47. The van der Waals surface area contributed by atoms with E-state index < -0.39 is 0 Å². The molecule has 1 heterocycles. The van der Waals surface area contributed by atoms with E-state index in [0.717, 1.165) is 19.8 Å². The van der Waals surface area contributed by atoms with E-state index in [-0.39, 0.29) is 0 Å². The molecule has 0 bridgehead atoms. The standard InChI is InChI=1S/C13H28N2O/c1-3-5-12-16-13-11-15-9-7-14(6-4-2)8-10-15/h3-13H2,1-2H3. The predicted octanol–water partition coefficient (Wildman–Crippen LogP) is 1.83. The largest absolute Gasteiger partial charge is 0.380 e. The molecule has 1 aliphatic heterocycles. The molecule has 0 radical (unpaired) electrons. The summed E-state index contributed by atoms with van der Waals surface area (Å²) in [5.74, 6) is 0. The van der Waals surface area contributed by atoms with Crippen molar-refractivity contribution in [2.45, 2.75) is 33.1 Å². The molecule has 0 aromatic rings. The van der Waals surface area contributed by atoms with E-state index >= 15 is 0 Å². The van der Waals surface area contributed by atoms with Gasteiger partial charge in [0.25, 0.3) is 0 Å². The van der Waals surface area contributed by atoms with Crippen LogP contribution in [0.15, 0.2) is 0 Å². The molecule has 1 fully saturated rings. The summed E-state index contributed by atoms with van der Waals surface area (Å²) < 4.78 is 5.60. The third-order valence-corrected chi connectivity index (χ3v) is 3.20. The summed E-state index contributed by atoms with van der Waals surface area (Å²) in [5, 5.41) is 0. The zero-order chi connectivity index (χ0) is 11.6. The Kier molecular flexibility index (Phi) is 7.81. The molecule has 0 aliphatic carbocycles. The fourth-order valence-electron chi connectivity index (χ4n) is 2.09. The number of rotatable bonds is 8. The van der Waals surface area contributed by atoms with Gasteiger partial charge in [0.15, 0.2) is 0 Å². The highest BCUT2D eigenvalue weighted by molar-refractivity contribution is 4.71. The van der Waals surface area contributed by atoms with Crippen molar-refractivity contribution < 1.29 is 4.74 Å². The molecule has 3 heteroatoms. The lowest BCUT2D eigenvalue weighted by Gasteiger charge is -2.34. The fraction of sp³-hybridized carbons (Fsp3) is 1.00. The smallest absolute Gasteiger partial charge is 0.0593 e. The number of ether oxygens (including phenoxy) is 1. The average molecular weight is 228 g/mol. The van der Waals surface area contributed by atoms with Crippen LogP contribution in [-0.2, 0) is 4.74 Å². The number of hydrogen-bond donors (Lipinski definition) is 0. The summed E-state index contributed by atoms with van der Waals surface area (Å²) in [6.07, 6.45) is 3.71. The van der Waals surface area contributed by atoms with Crippen molar-refractivity contribution >= 4 is 0 Å². The van der Waals surface area contributed by atoms with E-state index in [1.54, 1.807) is 0 Å². The van der Waals surface area contributed by atoms with E-state index in [0.29, 0.717) is 0 Å². The summed E-state index contributed by atoms with van der Waals surface area (Å²) in [4.78, 5) is 5.09. The molecule has 0 spiro atoms. The summed E-state index contributed by atoms with van der Waals surface area (Å²) in [7, 11) is 0. The van der Waals surface area contributed by atoms with E-state index in [1.165, 1.54) is 52.0 Å². The normalized spacial score (nSPS) is 19.1. The highest BCUT2D eigenvalue weighted by atomic mass is 16.5. The molecule has 1 rings (SSSR count). The van der Waals surface area contributed by atoms with Gasteiger partial charge in [0.1, 0.15) is 0 Å². The number of nitrogens with zero attached hydrogens (tertiary/aromatic N) is 2. The Morgan fingerprint density at radius 2 is 1.44 bits per heavy atom. The Morgan fingerprint density at radius 3 is 2.00 bits per heavy atom. The van der Waals surface area contributed by atoms with E-state index in [9.17, 15) is 0 Å². The second kappa shape index (κ2) is 8.97. The SMILES string of the molecule is CCCCOCCN1CCN(CCC)CC1. The van der Waals surface area contributed by atoms with Crippen LogP contribution in [-0.4, -0.2) is 62.3 Å². The molecule has 0 unspecified atom stereocenters. The number of piperazine rings is 1. The van der Waals surface area contributed by atoms with E-state index in [4.69, 9.17) is 4.74 Å². The molecule has 3 nitrogen and oxygen atoms in total. The fourth-order valence-corrected chi connectivity index (χ4v) is 2.09. The lowest BCUT2D eigenvalue weighted by atomic mass is 10.3.